The Bertz CT molecular complexity index is 1580. The first kappa shape index (κ1) is 22.7. The van der Waals surface area contributed by atoms with E-state index in [9.17, 15) is 24.5 Å². The van der Waals surface area contributed by atoms with Gasteiger partial charge in [0, 0.05) is 23.9 Å². The Labute approximate surface area is 211 Å². The van der Waals surface area contributed by atoms with Gasteiger partial charge in [-0.15, -0.1) is 0 Å². The summed E-state index contributed by atoms with van der Waals surface area (Å²) < 4.78 is 5.19. The molecule has 0 unspecified atom stereocenters. The number of ketones is 1. The van der Waals surface area contributed by atoms with Gasteiger partial charge >= 0.3 is 0 Å². The number of nitrogens with zero attached hydrogens (tertiary/aromatic N) is 3. The molecular formula is C28H21N3O6. The second-order valence-corrected chi connectivity index (χ2v) is 9.24. The van der Waals surface area contributed by atoms with Crippen LogP contribution in [0.1, 0.15) is 10.4 Å². The molecule has 0 aliphatic carbocycles. The van der Waals surface area contributed by atoms with Gasteiger partial charge in [0.15, 0.2) is 5.78 Å². The fourth-order valence-corrected chi connectivity index (χ4v) is 5.64. The fourth-order valence-electron chi connectivity index (χ4n) is 5.64. The Balaban J connectivity index is 1.46. The molecule has 3 aliphatic heterocycles. The lowest BCUT2D eigenvalue weighted by molar-refractivity contribution is -0.384. The first-order valence-corrected chi connectivity index (χ1v) is 11.8. The normalized spacial score (nSPS) is 23.5. The lowest BCUT2D eigenvalue weighted by Gasteiger charge is -2.32. The lowest BCUT2D eigenvalue weighted by atomic mass is 9.86. The van der Waals surface area contributed by atoms with Gasteiger partial charge in [-0.1, -0.05) is 30.3 Å². The van der Waals surface area contributed by atoms with Crippen LogP contribution in [0.25, 0.3) is 12.3 Å². The molecule has 3 aromatic rings. The van der Waals surface area contributed by atoms with Gasteiger partial charge in [-0.25, -0.2) is 4.90 Å². The van der Waals surface area contributed by atoms with Crippen LogP contribution in [0.5, 0.6) is 5.75 Å². The van der Waals surface area contributed by atoms with Gasteiger partial charge in [0.05, 0.1) is 35.6 Å². The number of methoxy groups -OCH3 is 1. The molecule has 3 aromatic carbocycles. The molecule has 3 aliphatic rings. The first-order valence-electron chi connectivity index (χ1n) is 11.8. The fraction of sp³-hybridized carbons (Fsp3) is 0.179. The zero-order valence-corrected chi connectivity index (χ0v) is 19.7. The molecule has 3 heterocycles. The molecule has 0 N–H and O–H groups in total. The number of carbonyl (C=O) groups excluding carboxylic acids is 3. The molecule has 6 rings (SSSR count). The number of hydrogen-bond donors (Lipinski definition) is 0. The number of benzene rings is 3. The first-order chi connectivity index (χ1) is 17.9. The highest BCUT2D eigenvalue weighted by molar-refractivity contribution is 6.25. The molecule has 0 saturated carbocycles. The molecule has 0 bridgehead atoms. The predicted molar refractivity (Wildman–Crippen MR) is 134 cm³/mol. The predicted octanol–water partition coefficient (Wildman–Crippen LogP) is 1.88. The number of rotatable bonds is 5. The van der Waals surface area contributed by atoms with Gasteiger partial charge in [0.2, 0.25) is 11.8 Å². The standard InChI is InChI=1S/C28H21N3O6/c1-37-21-12-10-19(11-13-21)30-27(33)23-22-14-17-4-2-3-5-18(17)15-29(22)25(24(23)28(30)34)26(32)16-6-8-20(9-7-16)31(35)36/h2-15,22-25H,1H3/t22-,23-,24-,25-/m1/s1. The van der Waals surface area contributed by atoms with Crippen molar-refractivity contribution in [2.24, 2.45) is 11.8 Å². The van der Waals surface area contributed by atoms with Crippen LogP contribution in [0, 0.1) is 22.0 Å². The van der Waals surface area contributed by atoms with Crippen molar-refractivity contribution in [3.05, 3.63) is 98.9 Å². The van der Waals surface area contributed by atoms with E-state index < -0.39 is 34.7 Å². The number of non-ortho nitro benzene ring substituents is 1. The van der Waals surface area contributed by atoms with Gasteiger partial charge in [-0.05, 0) is 46.8 Å². The molecule has 0 spiro atoms. The number of ether oxygens (including phenoxy) is 1. The quantitative estimate of drug-likeness (QED) is 0.230. The van der Waals surface area contributed by atoms with Crippen LogP contribution in [0.3, 0.4) is 0 Å². The highest BCUT2D eigenvalue weighted by atomic mass is 16.6. The Kier molecular flexibility index (Phi) is 5.15. The Morgan fingerprint density at radius 1 is 0.892 bits per heavy atom. The largest absolute Gasteiger partial charge is 0.497 e. The summed E-state index contributed by atoms with van der Waals surface area (Å²) in [4.78, 5) is 55.0. The molecule has 2 saturated heterocycles. The summed E-state index contributed by atoms with van der Waals surface area (Å²) in [7, 11) is 1.53. The Hall–Kier alpha value is -4.79. The number of anilines is 1. The van der Waals surface area contributed by atoms with Crippen LogP contribution in [0.2, 0.25) is 0 Å². The van der Waals surface area contributed by atoms with E-state index in [1.807, 2.05) is 41.4 Å². The van der Waals surface area contributed by atoms with E-state index in [0.717, 1.165) is 15.3 Å². The van der Waals surface area contributed by atoms with E-state index >= 15 is 0 Å². The van der Waals surface area contributed by atoms with Crippen LogP contribution < -0.4 is 20.1 Å². The Morgan fingerprint density at radius 2 is 1.54 bits per heavy atom. The zero-order chi connectivity index (χ0) is 25.8. The van der Waals surface area contributed by atoms with Crippen molar-refractivity contribution in [2.75, 3.05) is 12.0 Å². The average molecular weight is 495 g/mol. The maximum atomic E-state index is 13.9. The van der Waals surface area contributed by atoms with Crippen molar-refractivity contribution in [1.29, 1.82) is 0 Å². The maximum absolute atomic E-state index is 13.9. The Morgan fingerprint density at radius 3 is 2.19 bits per heavy atom. The summed E-state index contributed by atoms with van der Waals surface area (Å²) in [5.41, 5.74) is 0.521. The number of nitro benzene ring substituents is 1. The van der Waals surface area contributed by atoms with Crippen molar-refractivity contribution in [3.63, 3.8) is 0 Å². The van der Waals surface area contributed by atoms with Crippen molar-refractivity contribution in [3.8, 4) is 5.75 Å². The monoisotopic (exact) mass is 495 g/mol. The maximum Gasteiger partial charge on any atom is 0.269 e. The summed E-state index contributed by atoms with van der Waals surface area (Å²) in [5.74, 6) is -2.25. The number of imide groups is 1. The smallest absolute Gasteiger partial charge is 0.269 e. The number of amides is 2. The second-order valence-electron chi connectivity index (χ2n) is 9.24. The summed E-state index contributed by atoms with van der Waals surface area (Å²) in [6.45, 7) is 0. The van der Waals surface area contributed by atoms with E-state index in [4.69, 9.17) is 4.74 Å². The number of fused-ring (bicyclic) bond motifs is 4. The highest BCUT2D eigenvalue weighted by Gasteiger charge is 2.63. The summed E-state index contributed by atoms with van der Waals surface area (Å²) in [5, 5.41) is 12.9. The number of hydrogen-bond acceptors (Lipinski definition) is 7. The minimum Gasteiger partial charge on any atom is -0.497 e. The minimum absolute atomic E-state index is 0.136. The van der Waals surface area contributed by atoms with Gasteiger partial charge in [0.1, 0.15) is 11.8 Å². The molecule has 2 amide bonds. The summed E-state index contributed by atoms with van der Waals surface area (Å²) in [6, 6.07) is 18.2. The topological polar surface area (TPSA) is 110 Å². The lowest BCUT2D eigenvalue weighted by Crippen LogP contribution is -2.49. The average Bonchev–Trinajstić information content (AvgIpc) is 3.38. The van der Waals surface area contributed by atoms with Gasteiger partial charge < -0.3 is 9.64 Å². The van der Waals surface area contributed by atoms with Crippen molar-refractivity contribution < 1.29 is 24.0 Å². The summed E-state index contributed by atoms with van der Waals surface area (Å²) in [6.07, 6.45) is 3.78. The van der Waals surface area contributed by atoms with Crippen LogP contribution in [0.4, 0.5) is 11.4 Å². The second kappa shape index (κ2) is 8.41. The van der Waals surface area contributed by atoms with Crippen LogP contribution in [-0.2, 0) is 9.59 Å². The van der Waals surface area contributed by atoms with Gasteiger partial charge in [-0.3, -0.25) is 24.5 Å². The third-order valence-electron chi connectivity index (χ3n) is 7.37. The number of Topliss-reactive ketones (excluding diaryl/α,β-unsaturated/α-hetero) is 1. The highest BCUT2D eigenvalue weighted by Crippen LogP contribution is 2.46. The van der Waals surface area contributed by atoms with E-state index in [1.54, 1.807) is 24.3 Å². The number of nitro groups is 1. The van der Waals surface area contributed by atoms with Crippen molar-refractivity contribution >= 4 is 41.2 Å². The molecule has 9 heteroatoms. The molecular weight excluding hydrogens is 474 g/mol. The van der Waals surface area contributed by atoms with Gasteiger partial charge in [0.25, 0.3) is 5.69 Å². The van der Waals surface area contributed by atoms with Crippen molar-refractivity contribution in [2.45, 2.75) is 12.1 Å². The van der Waals surface area contributed by atoms with Crippen LogP contribution in [0.15, 0.2) is 72.8 Å². The van der Waals surface area contributed by atoms with E-state index in [1.165, 1.54) is 31.4 Å². The molecule has 2 fully saturated rings. The van der Waals surface area contributed by atoms with E-state index in [2.05, 4.69) is 0 Å². The molecule has 184 valence electrons. The minimum atomic E-state index is -0.944. The third kappa shape index (κ3) is 3.42. The zero-order valence-electron chi connectivity index (χ0n) is 19.7. The molecule has 9 nitrogen and oxygen atoms in total. The van der Waals surface area contributed by atoms with E-state index in [-0.39, 0.29) is 22.9 Å². The molecule has 0 aromatic heterocycles. The van der Waals surface area contributed by atoms with Crippen molar-refractivity contribution in [1.82, 2.24) is 4.90 Å². The van der Waals surface area contributed by atoms with E-state index in [0.29, 0.717) is 11.4 Å². The third-order valence-corrected chi connectivity index (χ3v) is 7.37. The molecule has 37 heavy (non-hydrogen) atoms. The SMILES string of the molecule is COc1ccc(N2C(=O)[C@@H]3[C@H](C2=O)[C@H]2C=c4ccccc4=CN2[C@H]3C(=O)c2ccc([N+](=O)[O-])cc2)cc1. The molecule has 0 radical (unpaired) electrons. The van der Waals surface area contributed by atoms with Crippen LogP contribution >= 0.6 is 0 Å². The number of carbonyl (C=O) groups is 3. The summed E-state index contributed by atoms with van der Waals surface area (Å²) >= 11 is 0. The van der Waals surface area contributed by atoms with Crippen LogP contribution in [-0.4, -0.2) is 46.6 Å². The molecule has 4 atom stereocenters. The van der Waals surface area contributed by atoms with Gasteiger partial charge in [-0.2, -0.15) is 0 Å².